The van der Waals surface area contributed by atoms with E-state index in [1.165, 1.54) is 12.1 Å². The van der Waals surface area contributed by atoms with Gasteiger partial charge in [-0.3, -0.25) is 0 Å². The van der Waals surface area contributed by atoms with E-state index in [1.807, 2.05) is 24.3 Å². The van der Waals surface area contributed by atoms with Crippen molar-refractivity contribution in [2.24, 2.45) is 0 Å². The van der Waals surface area contributed by atoms with E-state index in [-0.39, 0.29) is 5.82 Å². The molecule has 2 rings (SSSR count). The molecule has 112 valence electrons. The molecule has 0 unspecified atom stereocenters. The van der Waals surface area contributed by atoms with E-state index in [0.717, 1.165) is 24.2 Å². The van der Waals surface area contributed by atoms with Crippen LogP contribution in [0.25, 0.3) is 0 Å². The van der Waals surface area contributed by atoms with E-state index in [1.54, 1.807) is 13.2 Å². The van der Waals surface area contributed by atoms with Crippen LogP contribution in [-0.2, 0) is 13.2 Å². The van der Waals surface area contributed by atoms with E-state index < -0.39 is 0 Å². The van der Waals surface area contributed by atoms with Crippen molar-refractivity contribution < 1.29 is 13.9 Å². The Labute approximate surface area is 124 Å². The zero-order valence-corrected chi connectivity index (χ0v) is 12.4. The molecule has 2 aromatic carbocycles. The fourth-order valence-electron chi connectivity index (χ4n) is 2.00. The Kier molecular flexibility index (Phi) is 5.58. The normalized spacial score (nSPS) is 10.4. The molecule has 0 fully saturated rings. The van der Waals surface area contributed by atoms with Crippen molar-refractivity contribution in [2.45, 2.75) is 20.1 Å². The number of hydrogen-bond acceptors (Lipinski definition) is 3. The van der Waals surface area contributed by atoms with E-state index in [2.05, 4.69) is 12.2 Å². The molecule has 1 N–H and O–H groups in total. The molecule has 4 heteroatoms. The van der Waals surface area contributed by atoms with Crippen LogP contribution in [0, 0.1) is 5.82 Å². The molecule has 0 heterocycles. The minimum Gasteiger partial charge on any atom is -0.493 e. The van der Waals surface area contributed by atoms with Crippen LogP contribution in [0.2, 0.25) is 0 Å². The fraction of sp³-hybridized carbons (Fsp3) is 0.294. The molecule has 0 saturated carbocycles. The van der Waals surface area contributed by atoms with Gasteiger partial charge in [0.25, 0.3) is 0 Å². The summed E-state index contributed by atoms with van der Waals surface area (Å²) in [5, 5.41) is 3.26. The van der Waals surface area contributed by atoms with E-state index in [0.29, 0.717) is 18.1 Å². The van der Waals surface area contributed by atoms with Crippen LogP contribution >= 0.6 is 0 Å². The van der Waals surface area contributed by atoms with Gasteiger partial charge in [0.1, 0.15) is 12.4 Å². The van der Waals surface area contributed by atoms with Crippen molar-refractivity contribution in [3.8, 4) is 11.5 Å². The second kappa shape index (κ2) is 7.64. The lowest BCUT2D eigenvalue weighted by molar-refractivity contribution is 0.283. The molecule has 2 aromatic rings. The molecule has 0 aliphatic carbocycles. The Bertz CT molecular complexity index is 587. The fourth-order valence-corrected chi connectivity index (χ4v) is 2.00. The van der Waals surface area contributed by atoms with E-state index in [4.69, 9.17) is 9.47 Å². The third-order valence-electron chi connectivity index (χ3n) is 3.09. The van der Waals surface area contributed by atoms with Gasteiger partial charge in [0.15, 0.2) is 11.5 Å². The zero-order chi connectivity index (χ0) is 15.1. The molecule has 0 radical (unpaired) electrons. The molecule has 0 aliphatic rings. The summed E-state index contributed by atoms with van der Waals surface area (Å²) in [6, 6.07) is 12.2. The van der Waals surface area contributed by atoms with Gasteiger partial charge in [-0.25, -0.2) is 4.39 Å². The average Bonchev–Trinajstić information content (AvgIpc) is 2.51. The maximum Gasteiger partial charge on any atom is 0.161 e. The van der Waals surface area contributed by atoms with Crippen LogP contribution in [0.5, 0.6) is 11.5 Å². The quantitative estimate of drug-likeness (QED) is 0.846. The minimum atomic E-state index is -0.260. The maximum atomic E-state index is 13.2. The molecule has 21 heavy (non-hydrogen) atoms. The molecule has 0 saturated heterocycles. The summed E-state index contributed by atoms with van der Waals surface area (Å²) >= 11 is 0. The first-order valence-electron chi connectivity index (χ1n) is 6.97. The lowest BCUT2D eigenvalue weighted by Gasteiger charge is -2.13. The first-order valence-corrected chi connectivity index (χ1v) is 6.97. The molecule has 0 atom stereocenters. The summed E-state index contributed by atoms with van der Waals surface area (Å²) in [6.07, 6.45) is 0. The third-order valence-corrected chi connectivity index (χ3v) is 3.09. The highest BCUT2D eigenvalue weighted by molar-refractivity contribution is 5.43. The highest BCUT2D eigenvalue weighted by atomic mass is 19.1. The van der Waals surface area contributed by atoms with Gasteiger partial charge >= 0.3 is 0 Å². The van der Waals surface area contributed by atoms with Crippen molar-refractivity contribution in [3.63, 3.8) is 0 Å². The molecular formula is C17H20FNO2. The third kappa shape index (κ3) is 4.46. The number of benzene rings is 2. The largest absolute Gasteiger partial charge is 0.493 e. The topological polar surface area (TPSA) is 30.5 Å². The number of rotatable bonds is 7. The summed E-state index contributed by atoms with van der Waals surface area (Å²) < 4.78 is 24.2. The molecular weight excluding hydrogens is 269 g/mol. The maximum absolute atomic E-state index is 13.2. The van der Waals surface area contributed by atoms with Gasteiger partial charge in [0.2, 0.25) is 0 Å². The standard InChI is InChI=1S/C17H20FNO2/c1-3-19-11-13-7-8-16(20-2)17(10-13)21-12-14-5-4-6-15(18)9-14/h4-10,19H,3,11-12H2,1-2H3. The van der Waals surface area contributed by atoms with Crippen molar-refractivity contribution in [1.29, 1.82) is 0 Å². The first kappa shape index (κ1) is 15.3. The Morgan fingerprint density at radius 3 is 2.62 bits per heavy atom. The summed E-state index contributed by atoms with van der Waals surface area (Å²) in [4.78, 5) is 0. The molecule has 0 bridgehead atoms. The summed E-state index contributed by atoms with van der Waals surface area (Å²) in [7, 11) is 1.61. The lowest BCUT2D eigenvalue weighted by atomic mass is 10.2. The van der Waals surface area contributed by atoms with Crippen LogP contribution < -0.4 is 14.8 Å². The smallest absolute Gasteiger partial charge is 0.161 e. The molecule has 3 nitrogen and oxygen atoms in total. The second-order valence-electron chi connectivity index (χ2n) is 4.68. The molecule has 0 aliphatic heterocycles. The van der Waals surface area contributed by atoms with Crippen LogP contribution in [0.3, 0.4) is 0 Å². The summed E-state index contributed by atoms with van der Waals surface area (Å²) in [5.74, 6) is 1.08. The van der Waals surface area contributed by atoms with Crippen LogP contribution in [0.15, 0.2) is 42.5 Å². The van der Waals surface area contributed by atoms with Gasteiger partial charge in [-0.05, 0) is 41.9 Å². The van der Waals surface area contributed by atoms with Crippen LogP contribution in [0.1, 0.15) is 18.1 Å². The zero-order valence-electron chi connectivity index (χ0n) is 12.4. The second-order valence-corrected chi connectivity index (χ2v) is 4.68. The van der Waals surface area contributed by atoms with Gasteiger partial charge in [0.05, 0.1) is 7.11 Å². The number of halogens is 1. The number of methoxy groups -OCH3 is 1. The predicted molar refractivity (Wildman–Crippen MR) is 81.1 cm³/mol. The Morgan fingerprint density at radius 2 is 1.90 bits per heavy atom. The van der Waals surface area contributed by atoms with E-state index >= 15 is 0 Å². The Hall–Kier alpha value is -2.07. The van der Waals surface area contributed by atoms with Gasteiger partial charge in [-0.1, -0.05) is 25.1 Å². The highest BCUT2D eigenvalue weighted by Gasteiger charge is 2.06. The minimum absolute atomic E-state index is 0.260. The summed E-state index contributed by atoms with van der Waals surface area (Å²) in [6.45, 7) is 4.05. The molecule has 0 aromatic heterocycles. The van der Waals surface area contributed by atoms with Gasteiger partial charge in [-0.15, -0.1) is 0 Å². The monoisotopic (exact) mass is 289 g/mol. The van der Waals surface area contributed by atoms with Crippen LogP contribution in [-0.4, -0.2) is 13.7 Å². The highest BCUT2D eigenvalue weighted by Crippen LogP contribution is 2.28. The van der Waals surface area contributed by atoms with Gasteiger partial charge in [0, 0.05) is 6.54 Å². The number of hydrogen-bond donors (Lipinski definition) is 1. The predicted octanol–water partition coefficient (Wildman–Crippen LogP) is 3.52. The van der Waals surface area contributed by atoms with Crippen molar-refractivity contribution in [2.75, 3.05) is 13.7 Å². The van der Waals surface area contributed by atoms with Crippen molar-refractivity contribution in [3.05, 3.63) is 59.4 Å². The average molecular weight is 289 g/mol. The number of nitrogens with one attached hydrogen (secondary N) is 1. The van der Waals surface area contributed by atoms with Crippen molar-refractivity contribution in [1.82, 2.24) is 5.32 Å². The Morgan fingerprint density at radius 1 is 1.05 bits per heavy atom. The first-order chi connectivity index (χ1) is 10.2. The van der Waals surface area contributed by atoms with E-state index in [9.17, 15) is 4.39 Å². The van der Waals surface area contributed by atoms with Crippen LogP contribution in [0.4, 0.5) is 4.39 Å². The summed E-state index contributed by atoms with van der Waals surface area (Å²) in [5.41, 5.74) is 1.90. The molecule has 0 spiro atoms. The van der Waals surface area contributed by atoms with Gasteiger partial charge < -0.3 is 14.8 Å². The van der Waals surface area contributed by atoms with Crippen molar-refractivity contribution >= 4 is 0 Å². The number of ether oxygens (including phenoxy) is 2. The SMILES string of the molecule is CCNCc1ccc(OC)c(OCc2cccc(F)c2)c1. The van der Waals surface area contributed by atoms with Gasteiger partial charge in [-0.2, -0.15) is 0 Å². The Balaban J connectivity index is 2.09. The molecule has 0 amide bonds. The lowest BCUT2D eigenvalue weighted by Crippen LogP contribution is -2.11.